The lowest BCUT2D eigenvalue weighted by atomic mass is 10.1. The number of methoxy groups -OCH3 is 1. The van der Waals surface area contributed by atoms with Gasteiger partial charge in [-0.05, 0) is 26.8 Å². The van der Waals surface area contributed by atoms with Crippen LogP contribution in [0.15, 0.2) is 29.3 Å². The summed E-state index contributed by atoms with van der Waals surface area (Å²) in [6.45, 7) is 8.15. The maximum absolute atomic E-state index is 5.98. The zero-order valence-electron chi connectivity index (χ0n) is 13.7. The Morgan fingerprint density at radius 3 is 2.52 bits per heavy atom. The number of para-hydroxylation sites is 1. The summed E-state index contributed by atoms with van der Waals surface area (Å²) < 4.78 is 11.0. The van der Waals surface area contributed by atoms with E-state index in [4.69, 9.17) is 9.47 Å². The van der Waals surface area contributed by atoms with Gasteiger partial charge in [-0.25, -0.2) is 0 Å². The predicted molar refractivity (Wildman–Crippen MR) is 86.9 cm³/mol. The minimum absolute atomic E-state index is 0.214. The molecule has 5 heteroatoms. The van der Waals surface area contributed by atoms with Gasteiger partial charge in [-0.2, -0.15) is 0 Å². The Bertz CT molecular complexity index is 453. The van der Waals surface area contributed by atoms with Crippen LogP contribution in [0.25, 0.3) is 0 Å². The van der Waals surface area contributed by atoms with E-state index in [0.29, 0.717) is 13.2 Å². The third-order valence-electron chi connectivity index (χ3n) is 2.66. The van der Waals surface area contributed by atoms with Crippen molar-refractivity contribution in [1.82, 2.24) is 10.6 Å². The van der Waals surface area contributed by atoms with Crippen molar-refractivity contribution in [3.05, 3.63) is 29.8 Å². The van der Waals surface area contributed by atoms with Gasteiger partial charge in [-0.15, -0.1) is 0 Å². The first-order valence-electron chi connectivity index (χ1n) is 7.16. The number of hydrogen-bond donors (Lipinski definition) is 2. The van der Waals surface area contributed by atoms with Gasteiger partial charge in [0.25, 0.3) is 0 Å². The Hall–Kier alpha value is -1.75. The second-order valence-electron chi connectivity index (χ2n) is 5.67. The van der Waals surface area contributed by atoms with E-state index in [1.165, 1.54) is 0 Å². The molecule has 2 N–H and O–H groups in total. The molecule has 118 valence electrons. The fourth-order valence-electron chi connectivity index (χ4n) is 1.75. The molecule has 0 radical (unpaired) electrons. The molecule has 0 aromatic heterocycles. The Balaban J connectivity index is 2.62. The molecule has 0 saturated carbocycles. The summed E-state index contributed by atoms with van der Waals surface area (Å²) in [5.74, 6) is 1.64. The van der Waals surface area contributed by atoms with Crippen LogP contribution in [0.5, 0.6) is 5.75 Å². The summed E-state index contributed by atoms with van der Waals surface area (Å²) in [5, 5.41) is 6.46. The van der Waals surface area contributed by atoms with Crippen LogP contribution in [0.3, 0.4) is 0 Å². The molecule has 0 aliphatic heterocycles. The molecule has 0 unspecified atom stereocenters. The van der Waals surface area contributed by atoms with Crippen molar-refractivity contribution in [2.45, 2.75) is 32.9 Å². The maximum Gasteiger partial charge on any atom is 0.191 e. The van der Waals surface area contributed by atoms with Gasteiger partial charge in [0, 0.05) is 32.8 Å². The molecule has 1 aromatic carbocycles. The van der Waals surface area contributed by atoms with Gasteiger partial charge in [0.2, 0.25) is 0 Å². The van der Waals surface area contributed by atoms with E-state index in [0.717, 1.165) is 23.8 Å². The highest BCUT2D eigenvalue weighted by Gasteiger charge is 2.14. The fraction of sp³-hybridized carbons (Fsp3) is 0.562. The van der Waals surface area contributed by atoms with Crippen LogP contribution in [0, 0.1) is 0 Å². The summed E-state index contributed by atoms with van der Waals surface area (Å²) in [6, 6.07) is 8.03. The number of aliphatic imine (C=N–C) groups is 1. The molecule has 21 heavy (non-hydrogen) atoms. The van der Waals surface area contributed by atoms with Crippen LogP contribution in [-0.4, -0.2) is 38.9 Å². The first-order chi connectivity index (χ1) is 9.96. The second kappa shape index (κ2) is 8.52. The highest BCUT2D eigenvalue weighted by molar-refractivity contribution is 5.79. The van der Waals surface area contributed by atoms with E-state index in [9.17, 15) is 0 Å². The van der Waals surface area contributed by atoms with Crippen molar-refractivity contribution in [1.29, 1.82) is 0 Å². The summed E-state index contributed by atoms with van der Waals surface area (Å²) in [4.78, 5) is 4.18. The van der Waals surface area contributed by atoms with Gasteiger partial charge in [-0.1, -0.05) is 18.2 Å². The Morgan fingerprint density at radius 2 is 1.90 bits per heavy atom. The second-order valence-corrected chi connectivity index (χ2v) is 5.67. The van der Waals surface area contributed by atoms with Crippen LogP contribution in [0.4, 0.5) is 0 Å². The Morgan fingerprint density at radius 1 is 1.19 bits per heavy atom. The molecule has 0 bridgehead atoms. The van der Waals surface area contributed by atoms with Gasteiger partial charge in [0.1, 0.15) is 11.4 Å². The third-order valence-corrected chi connectivity index (χ3v) is 2.66. The summed E-state index contributed by atoms with van der Waals surface area (Å²) in [5.41, 5.74) is 0.885. The van der Waals surface area contributed by atoms with Gasteiger partial charge in [-0.3, -0.25) is 4.99 Å². The zero-order valence-corrected chi connectivity index (χ0v) is 13.7. The molecular formula is C16H27N3O2. The smallest absolute Gasteiger partial charge is 0.191 e. The standard InChI is InChI=1S/C16H27N3O2/c1-16(2,3)21-14-9-7-6-8-13(14)12-19-15(17-4)18-10-11-20-5/h6-9H,10-12H2,1-5H3,(H2,17,18,19). The topological polar surface area (TPSA) is 54.9 Å². The van der Waals surface area contributed by atoms with Crippen molar-refractivity contribution < 1.29 is 9.47 Å². The summed E-state index contributed by atoms with van der Waals surface area (Å²) >= 11 is 0. The van der Waals surface area contributed by atoms with Gasteiger partial charge >= 0.3 is 0 Å². The molecule has 0 atom stereocenters. The fourth-order valence-corrected chi connectivity index (χ4v) is 1.75. The molecular weight excluding hydrogens is 266 g/mol. The molecule has 0 fully saturated rings. The van der Waals surface area contributed by atoms with E-state index in [-0.39, 0.29) is 5.60 Å². The van der Waals surface area contributed by atoms with Crippen molar-refractivity contribution >= 4 is 5.96 Å². The number of nitrogens with zero attached hydrogens (tertiary/aromatic N) is 1. The monoisotopic (exact) mass is 293 g/mol. The highest BCUT2D eigenvalue weighted by atomic mass is 16.5. The number of guanidine groups is 1. The van der Waals surface area contributed by atoms with Crippen LogP contribution in [0.1, 0.15) is 26.3 Å². The molecule has 5 nitrogen and oxygen atoms in total. The van der Waals surface area contributed by atoms with E-state index in [2.05, 4.69) is 21.7 Å². The van der Waals surface area contributed by atoms with E-state index in [1.54, 1.807) is 14.2 Å². The maximum atomic E-state index is 5.98. The quantitative estimate of drug-likeness (QED) is 0.479. The molecule has 1 rings (SSSR count). The van der Waals surface area contributed by atoms with Crippen LogP contribution in [-0.2, 0) is 11.3 Å². The van der Waals surface area contributed by atoms with Crippen LogP contribution in [0.2, 0.25) is 0 Å². The lowest BCUT2D eigenvalue weighted by Crippen LogP contribution is -2.38. The first kappa shape index (κ1) is 17.3. The lowest BCUT2D eigenvalue weighted by molar-refractivity contribution is 0.129. The van der Waals surface area contributed by atoms with Crippen molar-refractivity contribution in [3.63, 3.8) is 0 Å². The average molecular weight is 293 g/mol. The zero-order chi connectivity index (χ0) is 15.7. The molecule has 0 aliphatic carbocycles. The Kier molecular flexibility index (Phi) is 7.02. The molecule has 0 heterocycles. The van der Waals surface area contributed by atoms with Crippen molar-refractivity contribution in [2.24, 2.45) is 4.99 Å². The van der Waals surface area contributed by atoms with Gasteiger partial charge in [0.05, 0.1) is 6.61 Å². The Labute approximate surface area is 127 Å². The summed E-state index contributed by atoms with van der Waals surface area (Å²) in [7, 11) is 3.43. The molecule has 0 saturated heterocycles. The lowest BCUT2D eigenvalue weighted by Gasteiger charge is -2.23. The first-order valence-corrected chi connectivity index (χ1v) is 7.16. The summed E-state index contributed by atoms with van der Waals surface area (Å²) in [6.07, 6.45) is 0. The normalized spacial score (nSPS) is 12.1. The molecule has 0 amide bonds. The number of benzene rings is 1. The highest BCUT2D eigenvalue weighted by Crippen LogP contribution is 2.22. The molecule has 0 spiro atoms. The van der Waals surface area contributed by atoms with Crippen LogP contribution < -0.4 is 15.4 Å². The third kappa shape index (κ3) is 6.99. The van der Waals surface area contributed by atoms with Crippen molar-refractivity contribution in [3.8, 4) is 5.75 Å². The van der Waals surface area contributed by atoms with Gasteiger partial charge in [0.15, 0.2) is 5.96 Å². The average Bonchev–Trinajstić information content (AvgIpc) is 2.42. The number of ether oxygens (including phenoxy) is 2. The minimum atomic E-state index is -0.214. The van der Waals surface area contributed by atoms with E-state index >= 15 is 0 Å². The van der Waals surface area contributed by atoms with E-state index in [1.807, 2.05) is 39.0 Å². The van der Waals surface area contributed by atoms with Gasteiger partial charge < -0.3 is 20.1 Å². The minimum Gasteiger partial charge on any atom is -0.488 e. The molecule has 1 aromatic rings. The molecule has 0 aliphatic rings. The number of nitrogens with one attached hydrogen (secondary N) is 2. The largest absolute Gasteiger partial charge is 0.488 e. The number of rotatable bonds is 6. The number of hydrogen-bond acceptors (Lipinski definition) is 3. The van der Waals surface area contributed by atoms with Crippen molar-refractivity contribution in [2.75, 3.05) is 27.3 Å². The van der Waals surface area contributed by atoms with Crippen LogP contribution >= 0.6 is 0 Å². The predicted octanol–water partition coefficient (Wildman–Crippen LogP) is 2.18. The van der Waals surface area contributed by atoms with E-state index < -0.39 is 0 Å². The SMILES string of the molecule is CN=C(NCCOC)NCc1ccccc1OC(C)(C)C.